The van der Waals surface area contributed by atoms with E-state index in [1.54, 1.807) is 0 Å². The van der Waals surface area contributed by atoms with Gasteiger partial charge in [0.1, 0.15) is 18.1 Å². The maximum absolute atomic E-state index is 12.9. The van der Waals surface area contributed by atoms with E-state index in [-0.39, 0.29) is 36.2 Å². The number of carbonyl (C=O) groups excluding carboxylic acids is 3. The van der Waals surface area contributed by atoms with Crippen molar-refractivity contribution in [1.82, 2.24) is 21.3 Å². The number of carbonyl (C=O) groups is 4. The highest BCUT2D eigenvalue weighted by molar-refractivity contribution is 7.80. The van der Waals surface area contributed by atoms with Gasteiger partial charge in [-0.1, -0.05) is 13.8 Å². The standard InChI is InChI=1S/C18H35N7O5S2/c1-9(2)6-12(16(28)25-13(8-32)17(29)30)24-15(27)11(4-3-5-22-18(20)21)23-14(26)10(19)7-31/h9-13,31-32H,3-8,19H2,1-2H3,(H,23,26)(H,24,27)(H,25,28)(H,29,30)(H4,20,21,22)/t10-,11+,12+,13-/m1/s1. The fraction of sp³-hybridized carbons (Fsp3) is 0.722. The van der Waals surface area contributed by atoms with Gasteiger partial charge in [-0.15, -0.1) is 0 Å². The lowest BCUT2D eigenvalue weighted by atomic mass is 10.0. The summed E-state index contributed by atoms with van der Waals surface area (Å²) in [6.07, 6.45) is 0.816. The molecule has 0 radical (unpaired) electrons. The first-order valence-corrected chi connectivity index (χ1v) is 11.4. The van der Waals surface area contributed by atoms with Crippen molar-refractivity contribution in [2.75, 3.05) is 18.1 Å². The zero-order valence-electron chi connectivity index (χ0n) is 18.3. The second kappa shape index (κ2) is 15.6. The van der Waals surface area contributed by atoms with Crippen LogP contribution in [0.3, 0.4) is 0 Å². The van der Waals surface area contributed by atoms with Crippen molar-refractivity contribution in [2.24, 2.45) is 17.4 Å². The number of thiol groups is 2. The predicted molar refractivity (Wildman–Crippen MR) is 128 cm³/mol. The molecule has 0 saturated heterocycles. The largest absolute Gasteiger partial charge is 0.480 e. The molecule has 0 fully saturated rings. The molecule has 0 unspecified atom stereocenters. The summed E-state index contributed by atoms with van der Waals surface area (Å²) in [5.74, 6) is -3.36. The Kier molecular flexibility index (Phi) is 14.5. The highest BCUT2D eigenvalue weighted by Gasteiger charge is 2.30. The summed E-state index contributed by atoms with van der Waals surface area (Å²) in [6, 6.07) is -4.16. The topological polar surface area (TPSA) is 213 Å². The van der Waals surface area contributed by atoms with Crippen LogP contribution in [0.4, 0.5) is 0 Å². The Morgan fingerprint density at radius 3 is 1.94 bits per heavy atom. The molecule has 3 amide bonds. The quantitative estimate of drug-likeness (QED) is 0.0533. The predicted octanol–water partition coefficient (Wildman–Crippen LogP) is -1.98. The molecule has 0 rings (SSSR count). The Morgan fingerprint density at radius 1 is 0.938 bits per heavy atom. The average molecular weight is 494 g/mol. The molecular weight excluding hydrogens is 458 g/mol. The van der Waals surface area contributed by atoms with Crippen molar-refractivity contribution in [3.63, 3.8) is 0 Å². The first-order chi connectivity index (χ1) is 14.9. The summed E-state index contributed by atoms with van der Waals surface area (Å²) in [7, 11) is 0. The van der Waals surface area contributed by atoms with Crippen LogP contribution in [0.25, 0.3) is 0 Å². The van der Waals surface area contributed by atoms with Crippen LogP contribution in [0.1, 0.15) is 33.1 Å². The number of nitrogens with one attached hydrogen (secondary N) is 5. The summed E-state index contributed by atoms with van der Waals surface area (Å²) in [5.41, 5.74) is 10.9. The summed E-state index contributed by atoms with van der Waals surface area (Å²) in [4.78, 5) is 49.0. The minimum Gasteiger partial charge on any atom is -0.480 e. The van der Waals surface area contributed by atoms with Crippen LogP contribution >= 0.6 is 25.3 Å². The molecule has 184 valence electrons. The smallest absolute Gasteiger partial charge is 0.327 e. The Hall–Kier alpha value is -2.19. The molecule has 0 aliphatic rings. The minimum atomic E-state index is -1.24. The normalized spacial score (nSPS) is 14.6. The zero-order valence-corrected chi connectivity index (χ0v) is 20.0. The molecule has 0 aromatic rings. The third-order valence-electron chi connectivity index (χ3n) is 4.29. The molecular formula is C18H35N7O5S2. The van der Waals surface area contributed by atoms with Gasteiger partial charge in [0.25, 0.3) is 0 Å². The molecule has 0 heterocycles. The lowest BCUT2D eigenvalue weighted by Crippen LogP contribution is -2.57. The van der Waals surface area contributed by atoms with Crippen LogP contribution in [-0.2, 0) is 19.2 Å². The highest BCUT2D eigenvalue weighted by Crippen LogP contribution is 2.08. The summed E-state index contributed by atoms with van der Waals surface area (Å²) in [5, 5.41) is 26.4. The highest BCUT2D eigenvalue weighted by atomic mass is 32.1. The van der Waals surface area contributed by atoms with Crippen molar-refractivity contribution in [3.8, 4) is 0 Å². The maximum atomic E-state index is 12.9. The second-order valence-corrected chi connectivity index (χ2v) is 8.34. The van der Waals surface area contributed by atoms with Gasteiger partial charge in [0.15, 0.2) is 5.96 Å². The van der Waals surface area contributed by atoms with Gasteiger partial charge >= 0.3 is 5.97 Å². The molecule has 4 atom stereocenters. The van der Waals surface area contributed by atoms with E-state index in [1.165, 1.54) is 0 Å². The third kappa shape index (κ3) is 12.0. The molecule has 14 heteroatoms. The number of hydrogen-bond acceptors (Lipinski definition) is 8. The number of hydrogen-bond donors (Lipinski definition) is 10. The van der Waals surface area contributed by atoms with Gasteiger partial charge in [-0.05, 0) is 25.2 Å². The number of nitrogens with two attached hydrogens (primary N) is 2. The van der Waals surface area contributed by atoms with E-state index >= 15 is 0 Å². The second-order valence-electron chi connectivity index (χ2n) is 7.61. The molecule has 0 saturated carbocycles. The van der Waals surface area contributed by atoms with Crippen LogP contribution in [-0.4, -0.2) is 77.0 Å². The molecule has 0 aromatic heterocycles. The van der Waals surface area contributed by atoms with Crippen LogP contribution in [0.2, 0.25) is 0 Å². The van der Waals surface area contributed by atoms with E-state index in [0.29, 0.717) is 13.0 Å². The van der Waals surface area contributed by atoms with Crippen LogP contribution in [0.5, 0.6) is 0 Å². The van der Waals surface area contributed by atoms with E-state index in [1.807, 2.05) is 13.8 Å². The Bertz CT molecular complexity index is 666. The first kappa shape index (κ1) is 29.8. The van der Waals surface area contributed by atoms with Crippen LogP contribution < -0.4 is 32.7 Å². The van der Waals surface area contributed by atoms with E-state index in [0.717, 1.165) is 0 Å². The van der Waals surface area contributed by atoms with Crippen molar-refractivity contribution in [3.05, 3.63) is 0 Å². The van der Waals surface area contributed by atoms with Crippen molar-refractivity contribution in [2.45, 2.75) is 57.3 Å². The SMILES string of the molecule is CC(C)C[C@H](NC(=O)[C@H](CCCNC(=N)N)NC(=O)[C@H](N)CS)C(=O)N[C@H](CS)C(=O)O. The molecule has 32 heavy (non-hydrogen) atoms. The van der Waals surface area contributed by atoms with E-state index in [9.17, 15) is 19.2 Å². The maximum Gasteiger partial charge on any atom is 0.327 e. The number of rotatable bonds is 15. The number of carboxylic acids is 1. The van der Waals surface area contributed by atoms with Gasteiger partial charge in [-0.25, -0.2) is 4.79 Å². The van der Waals surface area contributed by atoms with E-state index in [4.69, 9.17) is 22.0 Å². The first-order valence-electron chi connectivity index (χ1n) is 10.1. The Labute approximate surface area is 198 Å². The monoisotopic (exact) mass is 493 g/mol. The van der Waals surface area contributed by atoms with Crippen LogP contribution in [0.15, 0.2) is 0 Å². The molecule has 0 bridgehead atoms. The molecule has 0 spiro atoms. The van der Waals surface area contributed by atoms with Crippen molar-refractivity contribution < 1.29 is 24.3 Å². The fourth-order valence-electron chi connectivity index (χ4n) is 2.59. The van der Waals surface area contributed by atoms with E-state index in [2.05, 4.69) is 46.5 Å². The summed E-state index contributed by atoms with van der Waals surface area (Å²) >= 11 is 7.89. The molecule has 10 N–H and O–H groups in total. The Balaban J connectivity index is 5.39. The number of carboxylic acid groups (broad SMARTS) is 1. The Morgan fingerprint density at radius 2 is 1.47 bits per heavy atom. The number of aliphatic carboxylic acids is 1. The van der Waals surface area contributed by atoms with Gasteiger partial charge in [-0.2, -0.15) is 25.3 Å². The average Bonchev–Trinajstić information content (AvgIpc) is 2.71. The number of guanidine groups is 1. The van der Waals surface area contributed by atoms with Crippen LogP contribution in [0, 0.1) is 11.3 Å². The third-order valence-corrected chi connectivity index (χ3v) is 5.05. The molecule has 0 aliphatic heterocycles. The van der Waals surface area contributed by atoms with Gasteiger partial charge < -0.3 is 37.8 Å². The molecule has 0 aromatic carbocycles. The summed E-state index contributed by atoms with van der Waals surface area (Å²) in [6.45, 7) is 3.99. The van der Waals surface area contributed by atoms with Gasteiger partial charge in [0.05, 0.1) is 6.04 Å². The molecule has 0 aliphatic carbocycles. The number of amides is 3. The minimum absolute atomic E-state index is 0.00995. The van der Waals surface area contributed by atoms with Crippen molar-refractivity contribution >= 4 is 54.9 Å². The molecule has 12 nitrogen and oxygen atoms in total. The lowest BCUT2D eigenvalue weighted by Gasteiger charge is -2.26. The van der Waals surface area contributed by atoms with Gasteiger partial charge in [0, 0.05) is 18.1 Å². The zero-order chi connectivity index (χ0) is 24.8. The van der Waals surface area contributed by atoms with E-state index < -0.39 is 47.9 Å². The van der Waals surface area contributed by atoms with Gasteiger partial charge in [0.2, 0.25) is 17.7 Å². The van der Waals surface area contributed by atoms with Crippen molar-refractivity contribution in [1.29, 1.82) is 5.41 Å². The summed E-state index contributed by atoms with van der Waals surface area (Å²) < 4.78 is 0. The lowest BCUT2D eigenvalue weighted by molar-refractivity contribution is -0.141. The van der Waals surface area contributed by atoms with Gasteiger partial charge in [-0.3, -0.25) is 19.8 Å². The fourth-order valence-corrected chi connectivity index (χ4v) is 3.01.